The van der Waals surface area contributed by atoms with E-state index >= 15 is 0 Å². The molecule has 0 amide bonds. The predicted molar refractivity (Wildman–Crippen MR) is 83.3 cm³/mol. The number of Topliss-reactive ketones (excluding diaryl/α,β-unsaturated/α-hetero) is 1. The molecule has 5 heteroatoms. The van der Waals surface area contributed by atoms with Gasteiger partial charge in [0.15, 0.2) is 12.4 Å². The maximum Gasteiger partial charge on any atom is 0.343 e. The highest BCUT2D eigenvalue weighted by Crippen LogP contribution is 2.34. The van der Waals surface area contributed by atoms with E-state index in [4.69, 9.17) is 9.47 Å². The maximum atomic E-state index is 12.3. The first kappa shape index (κ1) is 14.8. The molecule has 3 rings (SSSR count). The lowest BCUT2D eigenvalue weighted by Gasteiger charge is -2.05. The minimum Gasteiger partial charge on any atom is -0.482 e. The number of carbonyl (C=O) groups excluding carboxylic acids is 2. The lowest BCUT2D eigenvalue weighted by Crippen LogP contribution is -2.12. The standard InChI is InChI=1S/C18H14O5/c1-21-17(19)11-22-13-7-8-14-15(10-13)23-16(18(14)20)9-12-5-3-2-4-6-12/h2-10H,11H2,1H3. The van der Waals surface area contributed by atoms with Crippen LogP contribution in [0.1, 0.15) is 15.9 Å². The van der Waals surface area contributed by atoms with E-state index in [2.05, 4.69) is 4.74 Å². The second-order valence-electron chi connectivity index (χ2n) is 4.87. The number of hydrogen-bond donors (Lipinski definition) is 0. The molecule has 2 aromatic rings. The van der Waals surface area contributed by atoms with Gasteiger partial charge in [-0.1, -0.05) is 30.3 Å². The minimum atomic E-state index is -0.479. The van der Waals surface area contributed by atoms with Gasteiger partial charge in [-0.05, 0) is 23.8 Å². The molecule has 0 radical (unpaired) electrons. The van der Waals surface area contributed by atoms with Gasteiger partial charge in [0, 0.05) is 6.07 Å². The van der Waals surface area contributed by atoms with Gasteiger partial charge in [-0.2, -0.15) is 0 Å². The molecule has 0 saturated heterocycles. The first-order valence-electron chi connectivity index (χ1n) is 7.00. The van der Waals surface area contributed by atoms with Crippen LogP contribution in [0.3, 0.4) is 0 Å². The Labute approximate surface area is 133 Å². The number of ketones is 1. The third-order valence-corrected chi connectivity index (χ3v) is 3.32. The molecule has 0 bridgehead atoms. The van der Waals surface area contributed by atoms with Gasteiger partial charge in [0.25, 0.3) is 0 Å². The van der Waals surface area contributed by atoms with E-state index in [0.717, 1.165) is 5.56 Å². The van der Waals surface area contributed by atoms with Crippen LogP contribution < -0.4 is 9.47 Å². The van der Waals surface area contributed by atoms with Gasteiger partial charge >= 0.3 is 5.97 Å². The molecule has 0 N–H and O–H groups in total. The van der Waals surface area contributed by atoms with Crippen LogP contribution in [-0.4, -0.2) is 25.5 Å². The van der Waals surface area contributed by atoms with Gasteiger partial charge in [-0.25, -0.2) is 4.79 Å². The molecule has 0 saturated carbocycles. The summed E-state index contributed by atoms with van der Waals surface area (Å²) in [5.41, 5.74) is 1.35. The zero-order valence-electron chi connectivity index (χ0n) is 12.4. The summed E-state index contributed by atoms with van der Waals surface area (Å²) < 4.78 is 15.4. The number of carbonyl (C=O) groups is 2. The quantitative estimate of drug-likeness (QED) is 0.642. The highest BCUT2D eigenvalue weighted by Gasteiger charge is 2.27. The Bertz CT molecular complexity index is 777. The summed E-state index contributed by atoms with van der Waals surface area (Å²) in [6.45, 7) is -0.198. The Morgan fingerprint density at radius 3 is 2.70 bits per heavy atom. The van der Waals surface area contributed by atoms with Gasteiger partial charge in [0.2, 0.25) is 5.78 Å². The van der Waals surface area contributed by atoms with Crippen LogP contribution in [0.25, 0.3) is 6.08 Å². The van der Waals surface area contributed by atoms with Crippen molar-refractivity contribution in [2.75, 3.05) is 13.7 Å². The molecule has 0 unspecified atom stereocenters. The Hall–Kier alpha value is -3.08. The van der Waals surface area contributed by atoms with Crippen LogP contribution in [-0.2, 0) is 9.53 Å². The van der Waals surface area contributed by atoms with Gasteiger partial charge in [-0.15, -0.1) is 0 Å². The van der Waals surface area contributed by atoms with Crippen molar-refractivity contribution in [1.82, 2.24) is 0 Å². The van der Waals surface area contributed by atoms with Gasteiger partial charge < -0.3 is 14.2 Å². The zero-order valence-corrected chi connectivity index (χ0v) is 12.4. The predicted octanol–water partition coefficient (Wildman–Crippen LogP) is 2.85. The zero-order chi connectivity index (χ0) is 16.2. The number of allylic oxidation sites excluding steroid dienone is 1. The van der Waals surface area contributed by atoms with Crippen molar-refractivity contribution in [2.24, 2.45) is 0 Å². The smallest absolute Gasteiger partial charge is 0.343 e. The fraction of sp³-hybridized carbons (Fsp3) is 0.111. The summed E-state index contributed by atoms with van der Waals surface area (Å²) >= 11 is 0. The molecule has 5 nitrogen and oxygen atoms in total. The monoisotopic (exact) mass is 310 g/mol. The largest absolute Gasteiger partial charge is 0.482 e. The highest BCUT2D eigenvalue weighted by atomic mass is 16.6. The number of fused-ring (bicyclic) bond motifs is 1. The number of esters is 1. The van der Waals surface area contributed by atoms with Crippen LogP contribution in [0.15, 0.2) is 54.3 Å². The fourth-order valence-corrected chi connectivity index (χ4v) is 2.16. The van der Waals surface area contributed by atoms with E-state index in [1.165, 1.54) is 7.11 Å². The highest BCUT2D eigenvalue weighted by molar-refractivity contribution is 6.14. The molecule has 2 aromatic carbocycles. The van der Waals surface area contributed by atoms with Crippen LogP contribution in [0.2, 0.25) is 0 Å². The number of hydrogen-bond acceptors (Lipinski definition) is 5. The average molecular weight is 310 g/mol. The topological polar surface area (TPSA) is 61.8 Å². The Morgan fingerprint density at radius 1 is 1.17 bits per heavy atom. The third-order valence-electron chi connectivity index (χ3n) is 3.32. The summed E-state index contributed by atoms with van der Waals surface area (Å²) in [5.74, 6) is 0.453. The molecule has 0 spiro atoms. The Balaban J connectivity index is 1.80. The average Bonchev–Trinajstić information content (AvgIpc) is 2.89. The molecule has 0 aromatic heterocycles. The molecule has 116 valence electrons. The van der Waals surface area contributed by atoms with Crippen molar-refractivity contribution < 1.29 is 23.8 Å². The Morgan fingerprint density at radius 2 is 1.96 bits per heavy atom. The molecule has 0 aliphatic carbocycles. The van der Waals surface area contributed by atoms with Crippen molar-refractivity contribution in [1.29, 1.82) is 0 Å². The van der Waals surface area contributed by atoms with E-state index < -0.39 is 5.97 Å². The van der Waals surface area contributed by atoms with Crippen LogP contribution in [0, 0.1) is 0 Å². The second kappa shape index (κ2) is 6.36. The summed E-state index contributed by atoms with van der Waals surface area (Å²) in [6.07, 6.45) is 1.69. The summed E-state index contributed by atoms with van der Waals surface area (Å²) in [4.78, 5) is 23.4. The lowest BCUT2D eigenvalue weighted by atomic mass is 10.1. The van der Waals surface area contributed by atoms with E-state index in [9.17, 15) is 9.59 Å². The van der Waals surface area contributed by atoms with Gasteiger partial charge in [-0.3, -0.25) is 4.79 Å². The van der Waals surface area contributed by atoms with E-state index in [1.807, 2.05) is 30.3 Å². The molecular weight excluding hydrogens is 296 g/mol. The molecular formula is C18H14O5. The van der Waals surface area contributed by atoms with E-state index in [1.54, 1.807) is 24.3 Å². The maximum absolute atomic E-state index is 12.3. The summed E-state index contributed by atoms with van der Waals surface area (Å²) in [6, 6.07) is 14.3. The van der Waals surface area contributed by atoms with Crippen molar-refractivity contribution in [3.05, 3.63) is 65.4 Å². The van der Waals surface area contributed by atoms with E-state index in [-0.39, 0.29) is 18.1 Å². The normalized spacial score (nSPS) is 14.3. The van der Waals surface area contributed by atoms with Crippen LogP contribution in [0.5, 0.6) is 11.5 Å². The number of rotatable bonds is 4. The van der Waals surface area contributed by atoms with Crippen LogP contribution >= 0.6 is 0 Å². The van der Waals surface area contributed by atoms with Crippen molar-refractivity contribution in [3.63, 3.8) is 0 Å². The number of ether oxygens (including phenoxy) is 3. The van der Waals surface area contributed by atoms with Crippen molar-refractivity contribution >= 4 is 17.8 Å². The fourth-order valence-electron chi connectivity index (χ4n) is 2.16. The molecule has 23 heavy (non-hydrogen) atoms. The summed E-state index contributed by atoms with van der Waals surface area (Å²) in [5, 5.41) is 0. The van der Waals surface area contributed by atoms with Crippen LogP contribution in [0.4, 0.5) is 0 Å². The van der Waals surface area contributed by atoms with Gasteiger partial charge in [0.05, 0.1) is 12.7 Å². The SMILES string of the molecule is COC(=O)COc1ccc2c(c1)OC(=Cc1ccccc1)C2=O. The first-order chi connectivity index (χ1) is 11.2. The molecule has 1 aliphatic heterocycles. The van der Waals surface area contributed by atoms with E-state index in [0.29, 0.717) is 17.1 Å². The molecule has 1 heterocycles. The number of methoxy groups -OCH3 is 1. The second-order valence-corrected chi connectivity index (χ2v) is 4.87. The lowest BCUT2D eigenvalue weighted by molar-refractivity contribution is -0.142. The van der Waals surface area contributed by atoms with Gasteiger partial charge in [0.1, 0.15) is 11.5 Å². The Kier molecular flexibility index (Phi) is 4.10. The third kappa shape index (κ3) is 3.23. The van der Waals surface area contributed by atoms with Crippen molar-refractivity contribution in [2.45, 2.75) is 0 Å². The van der Waals surface area contributed by atoms with Crippen molar-refractivity contribution in [3.8, 4) is 11.5 Å². The summed E-state index contributed by atoms with van der Waals surface area (Å²) in [7, 11) is 1.29. The molecule has 1 aliphatic rings. The minimum absolute atomic E-state index is 0.177. The first-order valence-corrected chi connectivity index (χ1v) is 7.00. The molecule has 0 fully saturated rings. The molecule has 0 atom stereocenters. The number of benzene rings is 2.